The molecule has 92 valence electrons. The van der Waals surface area contributed by atoms with Gasteiger partial charge in [-0.25, -0.2) is 9.97 Å². The Morgan fingerprint density at radius 2 is 2.18 bits per heavy atom. The maximum Gasteiger partial charge on any atom is 0.325 e. The van der Waals surface area contributed by atoms with Crippen molar-refractivity contribution in [3.05, 3.63) is 17.6 Å². The zero-order chi connectivity index (χ0) is 12.3. The highest BCUT2D eigenvalue weighted by Crippen LogP contribution is 2.26. The molecule has 0 aliphatic heterocycles. The first-order valence-corrected chi connectivity index (χ1v) is 5.83. The van der Waals surface area contributed by atoms with Gasteiger partial charge < -0.3 is 9.64 Å². The van der Waals surface area contributed by atoms with Gasteiger partial charge in [-0.2, -0.15) is 0 Å². The molecule has 0 saturated heterocycles. The third-order valence-corrected chi connectivity index (χ3v) is 3.06. The molecular formula is C12H17N3O2. The van der Waals surface area contributed by atoms with E-state index >= 15 is 0 Å². The summed E-state index contributed by atoms with van der Waals surface area (Å²) in [5.41, 5.74) is 2.31. The number of likely N-dealkylation sites (N-methyl/N-ethyl adjacent to an activating group) is 1. The van der Waals surface area contributed by atoms with Gasteiger partial charge in [0.25, 0.3) is 0 Å². The summed E-state index contributed by atoms with van der Waals surface area (Å²) >= 11 is 0. The molecule has 0 spiro atoms. The number of hydrogen-bond acceptors (Lipinski definition) is 5. The van der Waals surface area contributed by atoms with Gasteiger partial charge in [-0.3, -0.25) is 4.79 Å². The molecule has 5 heteroatoms. The standard InChI is InChI=1S/C12H17N3O2/c1-15(7-11(16)17-2)12-9-5-3-4-6-10(9)13-8-14-12/h8H,3-7H2,1-2H3. The highest BCUT2D eigenvalue weighted by molar-refractivity contribution is 5.75. The predicted octanol–water partition coefficient (Wildman–Crippen LogP) is 0.965. The maximum atomic E-state index is 11.3. The van der Waals surface area contributed by atoms with Crippen LogP contribution in [0.15, 0.2) is 6.33 Å². The highest BCUT2D eigenvalue weighted by Gasteiger charge is 2.19. The molecule has 2 rings (SSSR count). The molecule has 1 aliphatic rings. The van der Waals surface area contributed by atoms with Gasteiger partial charge >= 0.3 is 5.97 Å². The topological polar surface area (TPSA) is 55.3 Å². The summed E-state index contributed by atoms with van der Waals surface area (Å²) in [5.74, 6) is 0.607. The van der Waals surface area contributed by atoms with Crippen LogP contribution in [0.25, 0.3) is 0 Å². The quantitative estimate of drug-likeness (QED) is 0.730. The maximum absolute atomic E-state index is 11.3. The van der Waals surface area contributed by atoms with E-state index in [9.17, 15) is 4.79 Å². The molecule has 0 N–H and O–H groups in total. The van der Waals surface area contributed by atoms with E-state index in [-0.39, 0.29) is 12.5 Å². The molecule has 0 radical (unpaired) electrons. The smallest absolute Gasteiger partial charge is 0.325 e. The molecule has 0 atom stereocenters. The van der Waals surface area contributed by atoms with Gasteiger partial charge in [-0.1, -0.05) is 0 Å². The molecule has 1 aromatic heterocycles. The van der Waals surface area contributed by atoms with Gasteiger partial charge in [0, 0.05) is 18.3 Å². The molecule has 1 aliphatic carbocycles. The summed E-state index contributed by atoms with van der Waals surface area (Å²) in [6.45, 7) is 0.222. The molecule has 0 aromatic carbocycles. The summed E-state index contributed by atoms with van der Waals surface area (Å²) in [6, 6.07) is 0. The number of anilines is 1. The minimum atomic E-state index is -0.254. The number of carbonyl (C=O) groups is 1. The summed E-state index contributed by atoms with van der Waals surface area (Å²) in [4.78, 5) is 21.7. The lowest BCUT2D eigenvalue weighted by atomic mass is 9.96. The first-order chi connectivity index (χ1) is 8.22. The summed E-state index contributed by atoms with van der Waals surface area (Å²) < 4.78 is 4.66. The van der Waals surface area contributed by atoms with Crippen molar-refractivity contribution in [2.24, 2.45) is 0 Å². The third-order valence-electron chi connectivity index (χ3n) is 3.06. The van der Waals surface area contributed by atoms with Crippen molar-refractivity contribution < 1.29 is 9.53 Å². The zero-order valence-electron chi connectivity index (χ0n) is 10.3. The number of ether oxygens (including phenoxy) is 1. The Balaban J connectivity index is 2.22. The minimum absolute atomic E-state index is 0.222. The molecule has 0 amide bonds. The Hall–Kier alpha value is -1.65. The van der Waals surface area contributed by atoms with E-state index in [0.29, 0.717) is 0 Å². The monoisotopic (exact) mass is 235 g/mol. The predicted molar refractivity (Wildman–Crippen MR) is 64.0 cm³/mol. The largest absolute Gasteiger partial charge is 0.468 e. The van der Waals surface area contributed by atoms with Crippen molar-refractivity contribution in [3.8, 4) is 0 Å². The molecule has 17 heavy (non-hydrogen) atoms. The van der Waals surface area contributed by atoms with Gasteiger partial charge in [-0.05, 0) is 25.7 Å². The van der Waals surface area contributed by atoms with E-state index in [0.717, 1.165) is 24.4 Å². The number of methoxy groups -OCH3 is 1. The van der Waals surface area contributed by atoms with E-state index in [4.69, 9.17) is 0 Å². The Morgan fingerprint density at radius 1 is 1.41 bits per heavy atom. The molecule has 5 nitrogen and oxygen atoms in total. The number of esters is 1. The molecule has 0 saturated carbocycles. The number of fused-ring (bicyclic) bond motifs is 1. The summed E-state index contributed by atoms with van der Waals surface area (Å²) in [6.07, 6.45) is 5.94. The number of nitrogens with zero attached hydrogens (tertiary/aromatic N) is 3. The van der Waals surface area contributed by atoms with E-state index in [1.54, 1.807) is 6.33 Å². The van der Waals surface area contributed by atoms with E-state index in [2.05, 4.69) is 14.7 Å². The van der Waals surface area contributed by atoms with Crippen LogP contribution in [0.5, 0.6) is 0 Å². The number of rotatable bonds is 3. The minimum Gasteiger partial charge on any atom is -0.468 e. The van der Waals surface area contributed by atoms with Crippen LogP contribution in [-0.4, -0.2) is 36.6 Å². The van der Waals surface area contributed by atoms with Crippen LogP contribution in [0.4, 0.5) is 5.82 Å². The first-order valence-electron chi connectivity index (χ1n) is 5.83. The number of carbonyl (C=O) groups excluding carboxylic acids is 1. The fourth-order valence-electron chi connectivity index (χ4n) is 2.17. The van der Waals surface area contributed by atoms with E-state index < -0.39 is 0 Å². The van der Waals surface area contributed by atoms with Crippen molar-refractivity contribution in [1.82, 2.24) is 9.97 Å². The molecule has 1 heterocycles. The second-order valence-electron chi connectivity index (χ2n) is 4.26. The van der Waals surface area contributed by atoms with Gasteiger partial charge in [0.1, 0.15) is 18.7 Å². The molecule has 0 fully saturated rings. The highest BCUT2D eigenvalue weighted by atomic mass is 16.5. The SMILES string of the molecule is COC(=O)CN(C)c1ncnc2c1CCCC2. The second-order valence-corrected chi connectivity index (χ2v) is 4.26. The van der Waals surface area contributed by atoms with Crippen molar-refractivity contribution >= 4 is 11.8 Å². The molecule has 0 unspecified atom stereocenters. The number of aromatic nitrogens is 2. The molecular weight excluding hydrogens is 218 g/mol. The number of aryl methyl sites for hydroxylation is 1. The fourth-order valence-corrected chi connectivity index (χ4v) is 2.17. The Labute approximate surface area is 101 Å². The molecule has 1 aromatic rings. The second kappa shape index (κ2) is 5.12. The van der Waals surface area contributed by atoms with E-state index in [1.807, 2.05) is 11.9 Å². The van der Waals surface area contributed by atoms with Crippen molar-refractivity contribution in [1.29, 1.82) is 0 Å². The average molecular weight is 235 g/mol. The lowest BCUT2D eigenvalue weighted by molar-refractivity contribution is -0.138. The Bertz CT molecular complexity index is 420. The lowest BCUT2D eigenvalue weighted by Crippen LogP contribution is -2.29. The van der Waals surface area contributed by atoms with Crippen LogP contribution in [0.1, 0.15) is 24.1 Å². The van der Waals surface area contributed by atoms with Gasteiger partial charge in [-0.15, -0.1) is 0 Å². The fraction of sp³-hybridized carbons (Fsp3) is 0.583. The summed E-state index contributed by atoms with van der Waals surface area (Å²) in [5, 5.41) is 0. The van der Waals surface area contributed by atoms with E-state index in [1.165, 1.54) is 25.5 Å². The van der Waals surface area contributed by atoms with Crippen LogP contribution >= 0.6 is 0 Å². The van der Waals surface area contributed by atoms with Gasteiger partial charge in [0.05, 0.1) is 7.11 Å². The van der Waals surface area contributed by atoms with Crippen molar-refractivity contribution in [2.45, 2.75) is 25.7 Å². The Morgan fingerprint density at radius 3 is 2.94 bits per heavy atom. The van der Waals surface area contributed by atoms with Crippen molar-refractivity contribution in [3.63, 3.8) is 0 Å². The number of hydrogen-bond donors (Lipinski definition) is 0. The zero-order valence-corrected chi connectivity index (χ0v) is 10.3. The average Bonchev–Trinajstić information content (AvgIpc) is 2.37. The lowest BCUT2D eigenvalue weighted by Gasteiger charge is -2.23. The van der Waals surface area contributed by atoms with Crippen LogP contribution in [0, 0.1) is 0 Å². The normalized spacial score (nSPS) is 14.0. The van der Waals surface area contributed by atoms with Crippen LogP contribution in [-0.2, 0) is 22.4 Å². The summed E-state index contributed by atoms with van der Waals surface area (Å²) in [7, 11) is 3.25. The van der Waals surface area contributed by atoms with Crippen molar-refractivity contribution in [2.75, 3.05) is 25.6 Å². The van der Waals surface area contributed by atoms with Gasteiger partial charge in [0.15, 0.2) is 0 Å². The molecule has 0 bridgehead atoms. The van der Waals surface area contributed by atoms with Crippen LogP contribution in [0.2, 0.25) is 0 Å². The Kier molecular flexibility index (Phi) is 3.56. The van der Waals surface area contributed by atoms with Crippen LogP contribution < -0.4 is 4.90 Å². The van der Waals surface area contributed by atoms with Crippen LogP contribution in [0.3, 0.4) is 0 Å². The van der Waals surface area contributed by atoms with Gasteiger partial charge in [0.2, 0.25) is 0 Å². The first kappa shape index (κ1) is 11.8. The third kappa shape index (κ3) is 2.54.